The molecule has 0 spiro atoms. The predicted molar refractivity (Wildman–Crippen MR) is 113 cm³/mol. The highest BCUT2D eigenvalue weighted by atomic mass is 16.5. The molecule has 6 nitrogen and oxygen atoms in total. The quantitative estimate of drug-likeness (QED) is 0.606. The maximum Gasteiger partial charge on any atom is 0.259 e. The van der Waals surface area contributed by atoms with Crippen LogP contribution in [-0.4, -0.2) is 17.7 Å². The van der Waals surface area contributed by atoms with E-state index < -0.39 is 11.8 Å². The van der Waals surface area contributed by atoms with Gasteiger partial charge in [0.15, 0.2) is 0 Å². The van der Waals surface area contributed by atoms with E-state index in [9.17, 15) is 14.4 Å². The Labute approximate surface area is 173 Å². The molecule has 0 saturated carbocycles. The lowest BCUT2D eigenvalue weighted by Gasteiger charge is -2.09. The highest BCUT2D eigenvalue weighted by molar-refractivity contribution is 6.21. The van der Waals surface area contributed by atoms with Gasteiger partial charge in [-0.05, 0) is 61.4 Å². The summed E-state index contributed by atoms with van der Waals surface area (Å²) in [5, 5.41) is 5.12. The summed E-state index contributed by atoms with van der Waals surface area (Å²) in [6, 6.07) is 19.9. The zero-order valence-electron chi connectivity index (χ0n) is 16.4. The summed E-state index contributed by atoms with van der Waals surface area (Å²) in [4.78, 5) is 35.5. The molecule has 4 rings (SSSR count). The standard InChI is InChI=1S/C24H20N2O4/c1-15-2-4-16(5-3-15)6-13-22(27)25-17-7-9-18(10-8-17)30-19-11-12-20-21(14-19)24(29)26-23(20)28/h2-5,7-12,14H,6,13H2,1H3,(H,25,27)(H,26,28,29). The fraction of sp³-hybridized carbons (Fsp3) is 0.125. The normalized spacial score (nSPS) is 12.3. The summed E-state index contributed by atoms with van der Waals surface area (Å²) in [7, 11) is 0. The van der Waals surface area contributed by atoms with Crippen molar-refractivity contribution in [2.75, 3.05) is 5.32 Å². The minimum Gasteiger partial charge on any atom is -0.457 e. The molecule has 0 unspecified atom stereocenters. The Kier molecular flexibility index (Phi) is 5.30. The van der Waals surface area contributed by atoms with Gasteiger partial charge in [0.25, 0.3) is 11.8 Å². The third kappa shape index (κ3) is 4.38. The Morgan fingerprint density at radius 1 is 0.867 bits per heavy atom. The number of anilines is 1. The number of aryl methyl sites for hydroxylation is 2. The molecule has 0 bridgehead atoms. The summed E-state index contributed by atoms with van der Waals surface area (Å²) in [5.74, 6) is 0.123. The van der Waals surface area contributed by atoms with E-state index in [0.717, 1.165) is 5.56 Å². The second kappa shape index (κ2) is 8.21. The van der Waals surface area contributed by atoms with Crippen molar-refractivity contribution in [3.8, 4) is 11.5 Å². The van der Waals surface area contributed by atoms with E-state index in [4.69, 9.17) is 4.74 Å². The number of hydrogen-bond donors (Lipinski definition) is 2. The van der Waals surface area contributed by atoms with Crippen LogP contribution in [0.15, 0.2) is 66.7 Å². The van der Waals surface area contributed by atoms with Gasteiger partial charge in [-0.2, -0.15) is 0 Å². The van der Waals surface area contributed by atoms with Gasteiger partial charge in [-0.1, -0.05) is 29.8 Å². The lowest BCUT2D eigenvalue weighted by Crippen LogP contribution is -2.19. The van der Waals surface area contributed by atoms with Crippen LogP contribution in [0.5, 0.6) is 11.5 Å². The molecule has 0 fully saturated rings. The van der Waals surface area contributed by atoms with Crippen molar-refractivity contribution in [3.05, 3.63) is 89.0 Å². The van der Waals surface area contributed by atoms with Gasteiger partial charge in [0.05, 0.1) is 11.1 Å². The Hall–Kier alpha value is -3.93. The van der Waals surface area contributed by atoms with Gasteiger partial charge in [-0.3, -0.25) is 19.7 Å². The lowest BCUT2D eigenvalue weighted by molar-refractivity contribution is -0.116. The summed E-state index contributed by atoms with van der Waals surface area (Å²) in [6.07, 6.45) is 1.08. The lowest BCUT2D eigenvalue weighted by atomic mass is 10.1. The Morgan fingerprint density at radius 2 is 1.53 bits per heavy atom. The smallest absolute Gasteiger partial charge is 0.259 e. The average molecular weight is 400 g/mol. The molecular weight excluding hydrogens is 380 g/mol. The summed E-state index contributed by atoms with van der Waals surface area (Å²) < 4.78 is 5.76. The molecule has 0 saturated heterocycles. The zero-order valence-corrected chi connectivity index (χ0v) is 16.4. The number of imide groups is 1. The molecule has 150 valence electrons. The topological polar surface area (TPSA) is 84.5 Å². The van der Waals surface area contributed by atoms with E-state index in [1.54, 1.807) is 36.4 Å². The van der Waals surface area contributed by atoms with Crippen LogP contribution >= 0.6 is 0 Å². The van der Waals surface area contributed by atoms with Crippen LogP contribution in [0.3, 0.4) is 0 Å². The average Bonchev–Trinajstić information content (AvgIpc) is 3.02. The maximum absolute atomic E-state index is 12.2. The molecule has 3 amide bonds. The summed E-state index contributed by atoms with van der Waals surface area (Å²) in [6.45, 7) is 2.03. The molecule has 30 heavy (non-hydrogen) atoms. The number of carbonyl (C=O) groups excluding carboxylic acids is 3. The highest BCUT2D eigenvalue weighted by Crippen LogP contribution is 2.27. The molecule has 0 atom stereocenters. The first-order valence-corrected chi connectivity index (χ1v) is 9.61. The first-order chi connectivity index (χ1) is 14.5. The van der Waals surface area contributed by atoms with Crippen molar-refractivity contribution in [1.29, 1.82) is 0 Å². The predicted octanol–water partition coefficient (Wildman–Crippen LogP) is 4.24. The second-order valence-corrected chi connectivity index (χ2v) is 7.15. The van der Waals surface area contributed by atoms with Crippen molar-refractivity contribution in [2.24, 2.45) is 0 Å². The van der Waals surface area contributed by atoms with E-state index in [1.165, 1.54) is 11.6 Å². The fourth-order valence-electron chi connectivity index (χ4n) is 3.19. The molecule has 3 aromatic rings. The first kappa shape index (κ1) is 19.4. The van der Waals surface area contributed by atoms with Crippen molar-refractivity contribution >= 4 is 23.4 Å². The molecule has 0 aromatic heterocycles. The van der Waals surface area contributed by atoms with Gasteiger partial charge < -0.3 is 10.1 Å². The van der Waals surface area contributed by atoms with Gasteiger partial charge in [0.1, 0.15) is 11.5 Å². The number of hydrogen-bond acceptors (Lipinski definition) is 4. The first-order valence-electron chi connectivity index (χ1n) is 9.61. The van der Waals surface area contributed by atoms with Crippen LogP contribution in [0, 0.1) is 6.92 Å². The number of nitrogens with one attached hydrogen (secondary N) is 2. The Balaban J connectivity index is 1.33. The van der Waals surface area contributed by atoms with Crippen molar-refractivity contribution in [3.63, 3.8) is 0 Å². The van der Waals surface area contributed by atoms with E-state index in [2.05, 4.69) is 10.6 Å². The zero-order chi connectivity index (χ0) is 21.1. The molecule has 0 radical (unpaired) electrons. The van der Waals surface area contributed by atoms with Crippen molar-refractivity contribution in [2.45, 2.75) is 19.8 Å². The van der Waals surface area contributed by atoms with Crippen LogP contribution in [0.1, 0.15) is 38.3 Å². The number of carbonyl (C=O) groups is 3. The largest absolute Gasteiger partial charge is 0.457 e. The van der Waals surface area contributed by atoms with E-state index in [0.29, 0.717) is 41.2 Å². The monoisotopic (exact) mass is 400 g/mol. The molecule has 1 aliphatic rings. The molecule has 1 aliphatic heterocycles. The SMILES string of the molecule is Cc1ccc(CCC(=O)Nc2ccc(Oc3ccc4c(c3)C(=O)NC4=O)cc2)cc1. The van der Waals surface area contributed by atoms with Gasteiger partial charge in [-0.25, -0.2) is 0 Å². The number of benzene rings is 3. The maximum atomic E-state index is 12.2. The Bertz CT molecular complexity index is 1120. The number of ether oxygens (including phenoxy) is 1. The summed E-state index contributed by atoms with van der Waals surface area (Å²) >= 11 is 0. The molecule has 0 aliphatic carbocycles. The number of amides is 3. The van der Waals surface area contributed by atoms with Crippen LogP contribution in [0.2, 0.25) is 0 Å². The molecule has 1 heterocycles. The number of rotatable bonds is 6. The summed E-state index contributed by atoms with van der Waals surface area (Å²) in [5.41, 5.74) is 3.65. The van der Waals surface area contributed by atoms with Gasteiger partial charge in [0, 0.05) is 12.1 Å². The second-order valence-electron chi connectivity index (χ2n) is 7.15. The Morgan fingerprint density at radius 3 is 2.27 bits per heavy atom. The fourth-order valence-corrected chi connectivity index (χ4v) is 3.19. The van der Waals surface area contributed by atoms with Crippen LogP contribution in [-0.2, 0) is 11.2 Å². The minimum absolute atomic E-state index is 0.0569. The van der Waals surface area contributed by atoms with Gasteiger partial charge in [0.2, 0.25) is 5.91 Å². The van der Waals surface area contributed by atoms with E-state index in [-0.39, 0.29) is 5.91 Å². The molecule has 2 N–H and O–H groups in total. The van der Waals surface area contributed by atoms with Crippen molar-refractivity contribution < 1.29 is 19.1 Å². The third-order valence-corrected chi connectivity index (χ3v) is 4.84. The van der Waals surface area contributed by atoms with Crippen LogP contribution < -0.4 is 15.4 Å². The third-order valence-electron chi connectivity index (χ3n) is 4.84. The van der Waals surface area contributed by atoms with Crippen LogP contribution in [0.25, 0.3) is 0 Å². The minimum atomic E-state index is -0.427. The van der Waals surface area contributed by atoms with Crippen molar-refractivity contribution in [1.82, 2.24) is 5.32 Å². The van der Waals surface area contributed by atoms with E-state index >= 15 is 0 Å². The van der Waals surface area contributed by atoms with E-state index in [1.807, 2.05) is 31.2 Å². The van der Waals surface area contributed by atoms with Gasteiger partial charge in [-0.15, -0.1) is 0 Å². The highest BCUT2D eigenvalue weighted by Gasteiger charge is 2.26. The van der Waals surface area contributed by atoms with Gasteiger partial charge >= 0.3 is 0 Å². The molecular formula is C24H20N2O4. The van der Waals surface area contributed by atoms with Crippen LogP contribution in [0.4, 0.5) is 5.69 Å². The molecule has 6 heteroatoms. The number of fused-ring (bicyclic) bond motifs is 1. The molecule has 3 aromatic carbocycles.